The van der Waals surface area contributed by atoms with Crippen LogP contribution >= 0.6 is 0 Å². The van der Waals surface area contributed by atoms with Gasteiger partial charge >= 0.3 is 0 Å². The lowest BCUT2D eigenvalue weighted by Crippen LogP contribution is -2.64. The quantitative estimate of drug-likeness (QED) is 0.666. The van der Waals surface area contributed by atoms with Gasteiger partial charge in [0.2, 0.25) is 5.91 Å². The summed E-state index contributed by atoms with van der Waals surface area (Å²) < 4.78 is 13.0. The number of hydrogen-bond donors (Lipinski definition) is 1. The zero-order valence-electron chi connectivity index (χ0n) is 18.9. The van der Waals surface area contributed by atoms with Crippen LogP contribution in [0.3, 0.4) is 0 Å². The molecule has 0 saturated heterocycles. The molecule has 0 radical (unpaired) electrons. The SMILES string of the molecule is Cc1ccc(CNC(=O)[C@]2(C)Cn3nc(C)cc3C(=O)N2c2ccc3c(c2)OCCO3)cc1. The lowest BCUT2D eigenvalue weighted by Gasteiger charge is -2.43. The molecule has 3 aromatic rings. The molecule has 0 bridgehead atoms. The first-order chi connectivity index (χ1) is 15.8. The van der Waals surface area contributed by atoms with Crippen molar-refractivity contribution in [1.29, 1.82) is 0 Å². The zero-order chi connectivity index (χ0) is 23.2. The van der Waals surface area contributed by atoms with Crippen molar-refractivity contribution in [2.24, 2.45) is 0 Å². The topological polar surface area (TPSA) is 85.7 Å². The molecule has 5 rings (SSSR count). The van der Waals surface area contributed by atoms with E-state index in [1.54, 1.807) is 40.8 Å². The number of aromatic nitrogens is 2. The van der Waals surface area contributed by atoms with E-state index in [0.29, 0.717) is 42.6 Å². The predicted octanol–water partition coefficient (Wildman–Crippen LogP) is 3.01. The Balaban J connectivity index is 1.51. The molecule has 1 N–H and O–H groups in total. The number of anilines is 1. The lowest BCUT2D eigenvalue weighted by molar-refractivity contribution is -0.126. The van der Waals surface area contributed by atoms with E-state index in [9.17, 15) is 9.59 Å². The molecule has 1 atom stereocenters. The maximum absolute atomic E-state index is 13.6. The highest BCUT2D eigenvalue weighted by molar-refractivity contribution is 6.12. The highest BCUT2D eigenvalue weighted by atomic mass is 16.6. The van der Waals surface area contributed by atoms with Gasteiger partial charge in [-0.15, -0.1) is 0 Å². The van der Waals surface area contributed by atoms with Crippen molar-refractivity contribution in [2.75, 3.05) is 18.1 Å². The fourth-order valence-corrected chi connectivity index (χ4v) is 4.36. The van der Waals surface area contributed by atoms with Crippen LogP contribution in [0.4, 0.5) is 5.69 Å². The number of fused-ring (bicyclic) bond motifs is 2. The molecule has 2 aromatic carbocycles. The molecule has 0 aliphatic carbocycles. The molecule has 170 valence electrons. The van der Waals surface area contributed by atoms with Gasteiger partial charge < -0.3 is 14.8 Å². The van der Waals surface area contributed by atoms with Gasteiger partial charge in [0.15, 0.2) is 11.5 Å². The van der Waals surface area contributed by atoms with Gasteiger partial charge in [-0.1, -0.05) is 29.8 Å². The number of benzene rings is 2. The van der Waals surface area contributed by atoms with Crippen molar-refractivity contribution in [3.8, 4) is 11.5 Å². The second-order valence-corrected chi connectivity index (χ2v) is 8.74. The van der Waals surface area contributed by atoms with Gasteiger partial charge in [-0.05, 0) is 44.5 Å². The summed E-state index contributed by atoms with van der Waals surface area (Å²) in [5, 5.41) is 7.47. The Kier molecular flexibility index (Phi) is 5.08. The molecule has 1 aromatic heterocycles. The maximum Gasteiger partial charge on any atom is 0.277 e. The summed E-state index contributed by atoms with van der Waals surface area (Å²) in [6.45, 7) is 7.13. The van der Waals surface area contributed by atoms with Crippen LogP contribution in [0.1, 0.15) is 34.2 Å². The minimum Gasteiger partial charge on any atom is -0.486 e. The van der Waals surface area contributed by atoms with Crippen LogP contribution < -0.4 is 19.7 Å². The van der Waals surface area contributed by atoms with Crippen LogP contribution in [0.15, 0.2) is 48.5 Å². The summed E-state index contributed by atoms with van der Waals surface area (Å²) in [5.74, 6) is 0.640. The molecule has 2 aliphatic heterocycles. The molecule has 2 amide bonds. The Bertz CT molecular complexity index is 1230. The molecule has 3 heterocycles. The predicted molar refractivity (Wildman–Crippen MR) is 123 cm³/mol. The molecular formula is C25H26N4O4. The Hall–Kier alpha value is -3.81. The second-order valence-electron chi connectivity index (χ2n) is 8.74. The van der Waals surface area contributed by atoms with Gasteiger partial charge in [-0.25, -0.2) is 0 Å². The van der Waals surface area contributed by atoms with Gasteiger partial charge in [-0.3, -0.25) is 19.2 Å². The van der Waals surface area contributed by atoms with Crippen LogP contribution in [0.25, 0.3) is 0 Å². The number of nitrogens with zero attached hydrogens (tertiary/aromatic N) is 3. The van der Waals surface area contributed by atoms with E-state index in [4.69, 9.17) is 9.47 Å². The average molecular weight is 447 g/mol. The highest BCUT2D eigenvalue weighted by Crippen LogP contribution is 2.39. The number of ether oxygens (including phenoxy) is 2. The van der Waals surface area contributed by atoms with Crippen LogP contribution in [0.2, 0.25) is 0 Å². The number of nitrogens with one attached hydrogen (secondary N) is 1. The lowest BCUT2D eigenvalue weighted by atomic mass is 9.93. The van der Waals surface area contributed by atoms with Crippen molar-refractivity contribution < 1.29 is 19.1 Å². The number of hydrogen-bond acceptors (Lipinski definition) is 5. The maximum atomic E-state index is 13.6. The number of carbonyl (C=O) groups is 2. The first kappa shape index (κ1) is 21.1. The Morgan fingerprint density at radius 3 is 2.55 bits per heavy atom. The van der Waals surface area contributed by atoms with Gasteiger partial charge in [0.1, 0.15) is 24.4 Å². The monoisotopic (exact) mass is 446 g/mol. The van der Waals surface area contributed by atoms with E-state index in [1.807, 2.05) is 38.1 Å². The summed E-state index contributed by atoms with van der Waals surface area (Å²) in [4.78, 5) is 28.8. The number of aryl methyl sites for hydroxylation is 2. The Morgan fingerprint density at radius 1 is 1.06 bits per heavy atom. The minimum atomic E-state index is -1.20. The molecular weight excluding hydrogens is 420 g/mol. The highest BCUT2D eigenvalue weighted by Gasteiger charge is 2.49. The van der Waals surface area contributed by atoms with Crippen molar-refractivity contribution in [1.82, 2.24) is 15.1 Å². The average Bonchev–Trinajstić information content (AvgIpc) is 3.18. The fraction of sp³-hybridized carbons (Fsp3) is 0.320. The van der Waals surface area contributed by atoms with Gasteiger partial charge in [0, 0.05) is 18.3 Å². The molecule has 33 heavy (non-hydrogen) atoms. The molecule has 0 saturated carbocycles. The minimum absolute atomic E-state index is 0.232. The molecule has 0 fully saturated rings. The number of rotatable bonds is 4. The van der Waals surface area contributed by atoms with Crippen LogP contribution in [0, 0.1) is 13.8 Å². The summed E-state index contributed by atoms with van der Waals surface area (Å²) in [6, 6.07) is 15.1. The van der Waals surface area contributed by atoms with E-state index in [-0.39, 0.29) is 18.4 Å². The Morgan fingerprint density at radius 2 is 1.79 bits per heavy atom. The van der Waals surface area contributed by atoms with Crippen molar-refractivity contribution in [3.05, 3.63) is 71.0 Å². The third-order valence-corrected chi connectivity index (χ3v) is 6.12. The fourth-order valence-electron chi connectivity index (χ4n) is 4.36. The van der Waals surface area contributed by atoms with E-state index >= 15 is 0 Å². The summed E-state index contributed by atoms with van der Waals surface area (Å²) in [6.07, 6.45) is 0. The molecule has 8 nitrogen and oxygen atoms in total. The first-order valence-electron chi connectivity index (χ1n) is 11.0. The molecule has 2 aliphatic rings. The standard InChI is InChI=1S/C25H26N4O4/c1-16-4-6-18(7-5-16)14-26-24(31)25(3)15-28-20(12-17(2)27-28)23(30)29(25)19-8-9-21-22(13-19)33-11-10-32-21/h4-9,12-13H,10-11,14-15H2,1-3H3,(H,26,31)/t25-/m0/s1. The second kappa shape index (κ2) is 7.95. The van der Waals surface area contributed by atoms with Gasteiger partial charge in [0.05, 0.1) is 12.2 Å². The summed E-state index contributed by atoms with van der Waals surface area (Å²) >= 11 is 0. The normalized spacial score (nSPS) is 19.2. The molecule has 0 unspecified atom stereocenters. The van der Waals surface area contributed by atoms with Crippen LogP contribution in [-0.4, -0.2) is 40.3 Å². The molecule has 0 spiro atoms. The summed E-state index contributed by atoms with van der Waals surface area (Å²) in [7, 11) is 0. The van der Waals surface area contributed by atoms with Crippen molar-refractivity contribution in [2.45, 2.75) is 39.4 Å². The van der Waals surface area contributed by atoms with E-state index in [1.165, 1.54) is 0 Å². The van der Waals surface area contributed by atoms with E-state index in [0.717, 1.165) is 16.8 Å². The number of amides is 2. The van der Waals surface area contributed by atoms with Gasteiger partial charge in [0.25, 0.3) is 5.91 Å². The smallest absolute Gasteiger partial charge is 0.277 e. The van der Waals surface area contributed by atoms with Crippen molar-refractivity contribution >= 4 is 17.5 Å². The van der Waals surface area contributed by atoms with Crippen LogP contribution in [-0.2, 0) is 17.9 Å². The Labute approximate surface area is 192 Å². The van der Waals surface area contributed by atoms with Gasteiger partial charge in [-0.2, -0.15) is 5.10 Å². The third-order valence-electron chi connectivity index (χ3n) is 6.12. The largest absolute Gasteiger partial charge is 0.486 e. The first-order valence-corrected chi connectivity index (χ1v) is 11.0. The zero-order valence-corrected chi connectivity index (χ0v) is 18.9. The van der Waals surface area contributed by atoms with E-state index < -0.39 is 5.54 Å². The number of carbonyl (C=O) groups excluding carboxylic acids is 2. The van der Waals surface area contributed by atoms with Crippen molar-refractivity contribution in [3.63, 3.8) is 0 Å². The van der Waals surface area contributed by atoms with E-state index in [2.05, 4.69) is 10.4 Å². The van der Waals surface area contributed by atoms with Crippen LogP contribution in [0.5, 0.6) is 11.5 Å². The third kappa shape index (κ3) is 3.71. The summed E-state index contributed by atoms with van der Waals surface area (Å²) in [5.41, 5.74) is 2.69. The molecule has 8 heteroatoms.